The van der Waals surface area contributed by atoms with E-state index in [1.807, 2.05) is 30.3 Å². The molecule has 0 spiro atoms. The van der Waals surface area contributed by atoms with Crippen LogP contribution in [0.15, 0.2) is 35.5 Å². The van der Waals surface area contributed by atoms with Gasteiger partial charge in [0.2, 0.25) is 0 Å². The zero-order chi connectivity index (χ0) is 19.3. The van der Waals surface area contributed by atoms with Gasteiger partial charge in [-0.2, -0.15) is 4.91 Å². The third-order valence-corrected chi connectivity index (χ3v) is 5.55. The number of unbranched alkanes of at least 4 members (excludes halogenated alkanes) is 2. The molecule has 0 aliphatic heterocycles. The van der Waals surface area contributed by atoms with Gasteiger partial charge in [-0.15, -0.1) is 0 Å². The zero-order valence-corrected chi connectivity index (χ0v) is 16.5. The van der Waals surface area contributed by atoms with Gasteiger partial charge in [0.05, 0.1) is 6.54 Å². The molecule has 1 rings (SSSR count). The predicted molar refractivity (Wildman–Crippen MR) is 107 cm³/mol. The monoisotopic (exact) mass is 361 g/mol. The van der Waals surface area contributed by atoms with Gasteiger partial charge in [0, 0.05) is 25.4 Å². The molecule has 26 heavy (non-hydrogen) atoms. The number of hydrogen-bond acceptors (Lipinski definition) is 4. The number of Topliss-reactive ketones (excluding diaryl/α,β-unsaturated/α-hetero) is 1. The number of ketones is 1. The molecule has 0 saturated heterocycles. The van der Waals surface area contributed by atoms with E-state index in [9.17, 15) is 14.8 Å². The average Bonchev–Trinajstić information content (AvgIpc) is 2.68. The van der Waals surface area contributed by atoms with Crippen LogP contribution in [0.1, 0.15) is 83.1 Å². The van der Waals surface area contributed by atoms with Crippen LogP contribution in [0.4, 0.5) is 0 Å². The topological polar surface area (TPSA) is 66.7 Å². The van der Waals surface area contributed by atoms with E-state index in [0.29, 0.717) is 25.2 Å². The molecule has 0 saturated carbocycles. The number of nitrogens with zero attached hydrogens (tertiary/aromatic N) is 1. The normalized spacial score (nSPS) is 14.6. The smallest absolute Gasteiger partial charge is 0.132 e. The van der Waals surface area contributed by atoms with Crippen molar-refractivity contribution >= 4 is 5.78 Å². The molecule has 2 atom stereocenters. The maximum atomic E-state index is 12.0. The molecule has 0 aliphatic rings. The van der Waals surface area contributed by atoms with Gasteiger partial charge in [0.15, 0.2) is 0 Å². The maximum Gasteiger partial charge on any atom is 0.132 e. The van der Waals surface area contributed by atoms with Crippen LogP contribution in [0, 0.1) is 10.3 Å². The molecule has 0 bridgehead atoms. The van der Waals surface area contributed by atoms with E-state index in [1.165, 1.54) is 0 Å². The second-order valence-corrected chi connectivity index (χ2v) is 7.73. The number of rotatable bonds is 15. The Kier molecular flexibility index (Phi) is 11.0. The van der Waals surface area contributed by atoms with Gasteiger partial charge in [-0.3, -0.25) is 4.79 Å². The zero-order valence-electron chi connectivity index (χ0n) is 16.5. The third kappa shape index (κ3) is 8.70. The fourth-order valence-electron chi connectivity index (χ4n) is 3.26. The molecular formula is C22H35NO3. The minimum absolute atomic E-state index is 0.00210. The largest absolute Gasteiger partial charge is 0.396 e. The van der Waals surface area contributed by atoms with Crippen LogP contribution in [0.3, 0.4) is 0 Å². The lowest BCUT2D eigenvalue weighted by Gasteiger charge is -2.25. The van der Waals surface area contributed by atoms with Crippen LogP contribution in [-0.2, 0) is 4.79 Å². The summed E-state index contributed by atoms with van der Waals surface area (Å²) in [5, 5.41) is 12.5. The average molecular weight is 362 g/mol. The van der Waals surface area contributed by atoms with Gasteiger partial charge in [0.1, 0.15) is 5.78 Å². The number of aliphatic hydroxyl groups excluding tert-OH is 1. The number of benzene rings is 1. The third-order valence-electron chi connectivity index (χ3n) is 5.55. The molecule has 0 radical (unpaired) electrons. The fraction of sp³-hybridized carbons (Fsp3) is 0.682. The standard InChI is InChI=1S/C22H35NO3/c1-3-22(2,18-24)16-10-9-15-21(25)14-8-7-13-20(17-23-26)19-11-5-4-6-12-19/h4-6,11-12,20,24H,3,7-10,13-18H2,1-2H3. The molecule has 2 unspecified atom stereocenters. The Labute approximate surface area is 158 Å². The summed E-state index contributed by atoms with van der Waals surface area (Å²) in [6.07, 6.45) is 7.84. The minimum Gasteiger partial charge on any atom is -0.396 e. The Morgan fingerprint density at radius 3 is 2.35 bits per heavy atom. The van der Waals surface area contributed by atoms with Gasteiger partial charge in [-0.05, 0) is 43.1 Å². The highest BCUT2D eigenvalue weighted by Crippen LogP contribution is 2.27. The molecule has 4 heteroatoms. The van der Waals surface area contributed by atoms with E-state index in [-0.39, 0.29) is 17.9 Å². The highest BCUT2D eigenvalue weighted by Gasteiger charge is 2.20. The van der Waals surface area contributed by atoms with Crippen molar-refractivity contribution in [3.05, 3.63) is 40.8 Å². The van der Waals surface area contributed by atoms with Gasteiger partial charge in [0.25, 0.3) is 0 Å². The molecule has 146 valence electrons. The van der Waals surface area contributed by atoms with Crippen molar-refractivity contribution < 1.29 is 9.90 Å². The van der Waals surface area contributed by atoms with Crippen LogP contribution < -0.4 is 0 Å². The minimum atomic E-state index is 0.00210. The van der Waals surface area contributed by atoms with Crippen molar-refractivity contribution in [2.75, 3.05) is 13.2 Å². The molecule has 0 amide bonds. The Morgan fingerprint density at radius 2 is 1.77 bits per heavy atom. The van der Waals surface area contributed by atoms with Crippen molar-refractivity contribution in [1.82, 2.24) is 0 Å². The van der Waals surface area contributed by atoms with Crippen LogP contribution in [0.5, 0.6) is 0 Å². The number of aliphatic hydroxyl groups is 1. The van der Waals surface area contributed by atoms with Crippen LogP contribution in [-0.4, -0.2) is 24.0 Å². The molecule has 0 heterocycles. The molecule has 0 aromatic heterocycles. The lowest BCUT2D eigenvalue weighted by atomic mass is 9.83. The molecule has 0 aliphatic carbocycles. The van der Waals surface area contributed by atoms with E-state index in [0.717, 1.165) is 50.5 Å². The Balaban J connectivity index is 2.19. The van der Waals surface area contributed by atoms with Gasteiger partial charge in [-0.25, -0.2) is 0 Å². The van der Waals surface area contributed by atoms with Crippen LogP contribution in [0.25, 0.3) is 0 Å². The number of carbonyl (C=O) groups excluding carboxylic acids is 1. The Hall–Kier alpha value is -1.55. The fourth-order valence-corrected chi connectivity index (χ4v) is 3.26. The number of hydrogen-bond donors (Lipinski definition) is 1. The predicted octanol–water partition coefficient (Wildman–Crippen LogP) is 5.64. The van der Waals surface area contributed by atoms with Crippen LogP contribution >= 0.6 is 0 Å². The summed E-state index contributed by atoms with van der Waals surface area (Å²) in [4.78, 5) is 22.7. The summed E-state index contributed by atoms with van der Waals surface area (Å²) in [7, 11) is 0. The van der Waals surface area contributed by atoms with E-state index in [2.05, 4.69) is 19.0 Å². The van der Waals surface area contributed by atoms with E-state index >= 15 is 0 Å². The summed E-state index contributed by atoms with van der Waals surface area (Å²) in [6.45, 7) is 4.73. The van der Waals surface area contributed by atoms with E-state index in [4.69, 9.17) is 0 Å². The first-order valence-corrected chi connectivity index (χ1v) is 10.0. The van der Waals surface area contributed by atoms with E-state index < -0.39 is 0 Å². The second kappa shape index (κ2) is 12.7. The summed E-state index contributed by atoms with van der Waals surface area (Å²) < 4.78 is 0. The van der Waals surface area contributed by atoms with Crippen molar-refractivity contribution in [1.29, 1.82) is 0 Å². The molecule has 1 aromatic rings. The lowest BCUT2D eigenvalue weighted by molar-refractivity contribution is -0.119. The van der Waals surface area contributed by atoms with Crippen LogP contribution in [0.2, 0.25) is 0 Å². The summed E-state index contributed by atoms with van der Waals surface area (Å²) in [6, 6.07) is 10.0. The highest BCUT2D eigenvalue weighted by atomic mass is 16.3. The van der Waals surface area contributed by atoms with E-state index in [1.54, 1.807) is 0 Å². The number of carbonyl (C=O) groups is 1. The SMILES string of the molecule is CCC(C)(CO)CCCCC(=O)CCCCC(CN=O)c1ccccc1. The quantitative estimate of drug-likeness (QED) is 0.325. The molecular weight excluding hydrogens is 326 g/mol. The molecule has 1 N–H and O–H groups in total. The van der Waals surface area contributed by atoms with Crippen molar-refractivity contribution in [3.63, 3.8) is 0 Å². The summed E-state index contributed by atoms with van der Waals surface area (Å²) >= 11 is 0. The first-order valence-electron chi connectivity index (χ1n) is 10.0. The Morgan fingerprint density at radius 1 is 1.12 bits per heavy atom. The summed E-state index contributed by atoms with van der Waals surface area (Å²) in [5.41, 5.74) is 1.16. The number of nitroso groups, excluding NO2 is 1. The lowest BCUT2D eigenvalue weighted by Crippen LogP contribution is -2.20. The molecule has 4 nitrogen and oxygen atoms in total. The molecule has 0 fully saturated rings. The first-order chi connectivity index (χ1) is 12.5. The highest BCUT2D eigenvalue weighted by molar-refractivity contribution is 5.78. The Bertz CT molecular complexity index is 511. The second-order valence-electron chi connectivity index (χ2n) is 7.73. The molecule has 1 aromatic carbocycles. The summed E-state index contributed by atoms with van der Waals surface area (Å²) in [5.74, 6) is 0.492. The van der Waals surface area contributed by atoms with Crippen molar-refractivity contribution in [2.24, 2.45) is 10.6 Å². The first kappa shape index (κ1) is 22.5. The van der Waals surface area contributed by atoms with Gasteiger partial charge >= 0.3 is 0 Å². The van der Waals surface area contributed by atoms with Crippen molar-refractivity contribution in [3.8, 4) is 0 Å². The van der Waals surface area contributed by atoms with Crippen molar-refractivity contribution in [2.45, 2.75) is 77.6 Å². The maximum absolute atomic E-state index is 12.0. The van der Waals surface area contributed by atoms with Gasteiger partial charge < -0.3 is 5.11 Å². The van der Waals surface area contributed by atoms with Gasteiger partial charge in [-0.1, -0.05) is 62.2 Å².